The highest BCUT2D eigenvalue weighted by Gasteiger charge is 2.16. The molecule has 0 atom stereocenters. The maximum absolute atomic E-state index is 11.9. The molecule has 0 aromatic carbocycles. The van der Waals surface area contributed by atoms with Crippen molar-refractivity contribution in [3.05, 3.63) is 0 Å². The molecule has 0 radical (unpaired) electrons. The third-order valence-corrected chi connectivity index (χ3v) is 4.90. The molecule has 21 heavy (non-hydrogen) atoms. The predicted octanol–water partition coefficient (Wildman–Crippen LogP) is 0.520. The fraction of sp³-hybridized carbons (Fsp3) is 0.938. The van der Waals surface area contributed by atoms with Crippen LogP contribution in [0.2, 0.25) is 0 Å². The van der Waals surface area contributed by atoms with Gasteiger partial charge in [-0.3, -0.25) is 9.69 Å². The lowest BCUT2D eigenvalue weighted by atomic mass is 9.93. The largest absolute Gasteiger partial charge is 0.355 e. The zero-order valence-electron chi connectivity index (χ0n) is 13.6. The second-order valence-electron chi connectivity index (χ2n) is 6.36. The first-order valence-corrected chi connectivity index (χ1v) is 8.70. The van der Waals surface area contributed by atoms with Gasteiger partial charge in [0, 0.05) is 45.7 Å². The molecule has 2 N–H and O–H groups in total. The molecule has 0 aromatic heterocycles. The standard InChI is InChI=1S/C16H32N4O/c1-2-19-11-13-20(14-12-19)10-9-18-16(21)4-3-15-5-7-17-8-6-15/h15,17H,2-14H2,1H3,(H,18,21). The Bertz CT molecular complexity index is 297. The van der Waals surface area contributed by atoms with E-state index in [4.69, 9.17) is 0 Å². The van der Waals surface area contributed by atoms with E-state index in [0.717, 1.165) is 58.2 Å². The van der Waals surface area contributed by atoms with Gasteiger partial charge in [-0.25, -0.2) is 0 Å². The van der Waals surface area contributed by atoms with E-state index in [1.54, 1.807) is 0 Å². The Morgan fingerprint density at radius 1 is 1.14 bits per heavy atom. The van der Waals surface area contributed by atoms with Gasteiger partial charge >= 0.3 is 0 Å². The minimum absolute atomic E-state index is 0.237. The summed E-state index contributed by atoms with van der Waals surface area (Å²) in [5, 5.41) is 6.46. The van der Waals surface area contributed by atoms with Gasteiger partial charge in [0.05, 0.1) is 0 Å². The Morgan fingerprint density at radius 2 is 1.81 bits per heavy atom. The fourth-order valence-corrected chi connectivity index (χ4v) is 3.28. The molecule has 5 nitrogen and oxygen atoms in total. The van der Waals surface area contributed by atoms with E-state index in [-0.39, 0.29) is 5.91 Å². The lowest BCUT2D eigenvalue weighted by Gasteiger charge is -2.33. The summed E-state index contributed by atoms with van der Waals surface area (Å²) in [5.41, 5.74) is 0. The molecule has 2 heterocycles. The van der Waals surface area contributed by atoms with E-state index >= 15 is 0 Å². The third kappa shape index (κ3) is 6.32. The molecule has 0 saturated carbocycles. The number of carbonyl (C=O) groups excluding carboxylic acids is 1. The summed E-state index contributed by atoms with van der Waals surface area (Å²) >= 11 is 0. The molecule has 2 aliphatic heterocycles. The van der Waals surface area contributed by atoms with Gasteiger partial charge in [-0.05, 0) is 44.8 Å². The van der Waals surface area contributed by atoms with Gasteiger partial charge in [0.1, 0.15) is 0 Å². The monoisotopic (exact) mass is 296 g/mol. The second-order valence-corrected chi connectivity index (χ2v) is 6.36. The summed E-state index contributed by atoms with van der Waals surface area (Å²) < 4.78 is 0. The Balaban J connectivity index is 1.49. The first-order valence-electron chi connectivity index (χ1n) is 8.70. The summed E-state index contributed by atoms with van der Waals surface area (Å²) in [4.78, 5) is 16.8. The Morgan fingerprint density at radius 3 is 2.48 bits per heavy atom. The average Bonchev–Trinajstić information content (AvgIpc) is 2.54. The number of hydrogen-bond acceptors (Lipinski definition) is 4. The number of likely N-dealkylation sites (N-methyl/N-ethyl adjacent to an activating group) is 1. The van der Waals surface area contributed by atoms with Crippen LogP contribution in [-0.4, -0.2) is 74.6 Å². The van der Waals surface area contributed by atoms with Gasteiger partial charge in [-0.15, -0.1) is 0 Å². The molecule has 1 amide bonds. The molecule has 0 bridgehead atoms. The van der Waals surface area contributed by atoms with Crippen molar-refractivity contribution in [1.29, 1.82) is 0 Å². The zero-order valence-corrected chi connectivity index (χ0v) is 13.6. The number of nitrogens with zero attached hydrogens (tertiary/aromatic N) is 2. The van der Waals surface area contributed by atoms with Crippen LogP contribution in [0, 0.1) is 5.92 Å². The number of carbonyl (C=O) groups is 1. The second kappa shape index (κ2) is 9.38. The molecule has 0 spiro atoms. The van der Waals surface area contributed by atoms with Crippen LogP contribution >= 0.6 is 0 Å². The van der Waals surface area contributed by atoms with E-state index in [0.29, 0.717) is 6.42 Å². The van der Waals surface area contributed by atoms with Crippen molar-refractivity contribution in [2.24, 2.45) is 5.92 Å². The molecular weight excluding hydrogens is 264 g/mol. The van der Waals surface area contributed by atoms with Crippen LogP contribution in [0.1, 0.15) is 32.6 Å². The maximum atomic E-state index is 11.9. The number of nitrogens with one attached hydrogen (secondary N) is 2. The summed E-state index contributed by atoms with van der Waals surface area (Å²) in [6.45, 7) is 12.0. The fourth-order valence-electron chi connectivity index (χ4n) is 3.28. The quantitative estimate of drug-likeness (QED) is 0.719. The number of piperidine rings is 1. The first kappa shape index (κ1) is 16.7. The van der Waals surface area contributed by atoms with Gasteiger partial charge < -0.3 is 15.5 Å². The van der Waals surface area contributed by atoms with Gasteiger partial charge in [-0.2, -0.15) is 0 Å². The zero-order chi connectivity index (χ0) is 14.9. The summed E-state index contributed by atoms with van der Waals surface area (Å²) in [6, 6.07) is 0. The van der Waals surface area contributed by atoms with E-state index in [9.17, 15) is 4.79 Å². The topological polar surface area (TPSA) is 47.6 Å². The van der Waals surface area contributed by atoms with E-state index < -0.39 is 0 Å². The highest BCUT2D eigenvalue weighted by molar-refractivity contribution is 5.75. The van der Waals surface area contributed by atoms with Crippen molar-refractivity contribution in [3.8, 4) is 0 Å². The van der Waals surface area contributed by atoms with Crippen molar-refractivity contribution in [3.63, 3.8) is 0 Å². The average molecular weight is 296 g/mol. The number of amides is 1. The molecular formula is C16H32N4O. The van der Waals surface area contributed by atoms with E-state index in [1.165, 1.54) is 25.9 Å². The summed E-state index contributed by atoms with van der Waals surface area (Å²) in [6.07, 6.45) is 4.22. The predicted molar refractivity (Wildman–Crippen MR) is 86.4 cm³/mol. The van der Waals surface area contributed by atoms with Crippen molar-refractivity contribution in [2.75, 3.05) is 58.9 Å². The molecule has 0 unspecified atom stereocenters. The smallest absolute Gasteiger partial charge is 0.220 e. The highest BCUT2D eigenvalue weighted by atomic mass is 16.1. The Hall–Kier alpha value is -0.650. The van der Waals surface area contributed by atoms with Crippen LogP contribution < -0.4 is 10.6 Å². The third-order valence-electron chi connectivity index (χ3n) is 4.90. The van der Waals surface area contributed by atoms with Crippen LogP contribution in [-0.2, 0) is 4.79 Å². The molecule has 5 heteroatoms. The highest BCUT2D eigenvalue weighted by Crippen LogP contribution is 2.17. The molecule has 0 aromatic rings. The normalized spacial score (nSPS) is 22.3. The van der Waals surface area contributed by atoms with Crippen LogP contribution in [0.4, 0.5) is 0 Å². The van der Waals surface area contributed by atoms with Gasteiger partial charge in [0.2, 0.25) is 5.91 Å². The molecule has 0 aliphatic carbocycles. The van der Waals surface area contributed by atoms with Crippen molar-refractivity contribution >= 4 is 5.91 Å². The van der Waals surface area contributed by atoms with Crippen LogP contribution in [0.25, 0.3) is 0 Å². The van der Waals surface area contributed by atoms with Crippen molar-refractivity contribution in [2.45, 2.75) is 32.6 Å². The summed E-state index contributed by atoms with van der Waals surface area (Å²) in [7, 11) is 0. The van der Waals surface area contributed by atoms with Crippen molar-refractivity contribution < 1.29 is 4.79 Å². The molecule has 2 saturated heterocycles. The summed E-state index contributed by atoms with van der Waals surface area (Å²) in [5.74, 6) is 0.986. The van der Waals surface area contributed by atoms with Crippen LogP contribution in [0.5, 0.6) is 0 Å². The Kier molecular flexibility index (Phi) is 7.47. The van der Waals surface area contributed by atoms with Gasteiger partial charge in [0.25, 0.3) is 0 Å². The SMILES string of the molecule is CCN1CCN(CCNC(=O)CCC2CCNCC2)CC1. The van der Waals surface area contributed by atoms with E-state index in [1.807, 2.05) is 0 Å². The first-order chi connectivity index (χ1) is 10.3. The number of hydrogen-bond donors (Lipinski definition) is 2. The Labute approximate surface area is 129 Å². The lowest BCUT2D eigenvalue weighted by Crippen LogP contribution is -2.48. The molecule has 122 valence electrons. The number of piperazine rings is 1. The maximum Gasteiger partial charge on any atom is 0.220 e. The lowest BCUT2D eigenvalue weighted by molar-refractivity contribution is -0.121. The molecule has 2 aliphatic rings. The minimum atomic E-state index is 0.237. The number of rotatable bonds is 7. The minimum Gasteiger partial charge on any atom is -0.355 e. The van der Waals surface area contributed by atoms with Crippen molar-refractivity contribution in [1.82, 2.24) is 20.4 Å². The van der Waals surface area contributed by atoms with Gasteiger partial charge in [0.15, 0.2) is 0 Å². The van der Waals surface area contributed by atoms with Crippen LogP contribution in [0.15, 0.2) is 0 Å². The van der Waals surface area contributed by atoms with Crippen LogP contribution in [0.3, 0.4) is 0 Å². The molecule has 2 fully saturated rings. The molecule has 2 rings (SSSR count). The van der Waals surface area contributed by atoms with Gasteiger partial charge in [-0.1, -0.05) is 6.92 Å². The van der Waals surface area contributed by atoms with E-state index in [2.05, 4.69) is 27.4 Å².